The average Bonchev–Trinajstić information content (AvgIpc) is 2.95. The number of carboxylic acid groups (broad SMARTS) is 1. The SMILES string of the molecule is [NH3+]CC(=O)NCC(=O)NC(Cc1c[nH]c2ccccc12)C(=O)[O-]. The van der Waals surface area contributed by atoms with Crippen LogP contribution in [0.15, 0.2) is 30.5 Å². The van der Waals surface area contributed by atoms with Crippen LogP contribution in [0.1, 0.15) is 5.56 Å². The molecular weight excluding hydrogens is 300 g/mol. The Kier molecular flexibility index (Phi) is 5.32. The molecule has 1 heterocycles. The van der Waals surface area contributed by atoms with E-state index in [2.05, 4.69) is 21.4 Å². The van der Waals surface area contributed by atoms with Crippen molar-refractivity contribution in [3.63, 3.8) is 0 Å². The van der Waals surface area contributed by atoms with E-state index in [-0.39, 0.29) is 25.4 Å². The lowest BCUT2D eigenvalue weighted by atomic mass is 10.1. The van der Waals surface area contributed by atoms with Gasteiger partial charge in [0.1, 0.15) is 0 Å². The zero-order chi connectivity index (χ0) is 16.8. The summed E-state index contributed by atoms with van der Waals surface area (Å²) in [7, 11) is 0. The van der Waals surface area contributed by atoms with Crippen LogP contribution in [0.3, 0.4) is 0 Å². The minimum atomic E-state index is -1.38. The molecule has 8 heteroatoms. The first-order chi connectivity index (χ1) is 11.0. The Bertz CT molecular complexity index is 725. The van der Waals surface area contributed by atoms with Crippen molar-refractivity contribution in [2.24, 2.45) is 0 Å². The second-order valence-corrected chi connectivity index (χ2v) is 5.03. The molecule has 2 rings (SSSR count). The molecule has 8 nitrogen and oxygen atoms in total. The molecule has 0 spiro atoms. The molecule has 23 heavy (non-hydrogen) atoms. The van der Waals surface area contributed by atoms with Crippen LogP contribution in [0.4, 0.5) is 0 Å². The number of amides is 2. The zero-order valence-corrected chi connectivity index (χ0v) is 12.4. The van der Waals surface area contributed by atoms with Crippen LogP contribution in [0.25, 0.3) is 10.9 Å². The highest BCUT2D eigenvalue weighted by Crippen LogP contribution is 2.18. The van der Waals surface area contributed by atoms with Gasteiger partial charge in [0, 0.05) is 23.5 Å². The van der Waals surface area contributed by atoms with Crippen LogP contribution in [-0.2, 0) is 20.8 Å². The number of carbonyl (C=O) groups excluding carboxylic acids is 3. The fraction of sp³-hybridized carbons (Fsp3) is 0.267. The maximum absolute atomic E-state index is 11.7. The summed E-state index contributed by atoms with van der Waals surface area (Å²) in [6, 6.07) is 6.27. The number of carboxylic acids is 1. The second-order valence-electron chi connectivity index (χ2n) is 5.03. The third kappa shape index (κ3) is 4.30. The first-order valence-corrected chi connectivity index (χ1v) is 7.12. The number of aliphatic carboxylic acids is 1. The lowest BCUT2D eigenvalue weighted by Gasteiger charge is -2.19. The van der Waals surface area contributed by atoms with E-state index >= 15 is 0 Å². The van der Waals surface area contributed by atoms with Crippen LogP contribution < -0.4 is 21.5 Å². The number of nitrogens with one attached hydrogen (secondary N) is 3. The number of fused-ring (bicyclic) bond motifs is 1. The molecule has 0 radical (unpaired) electrons. The van der Waals surface area contributed by atoms with Crippen LogP contribution in [-0.4, -0.2) is 41.9 Å². The van der Waals surface area contributed by atoms with Crippen molar-refractivity contribution in [1.82, 2.24) is 15.6 Å². The van der Waals surface area contributed by atoms with Gasteiger partial charge in [0.25, 0.3) is 5.91 Å². The lowest BCUT2D eigenvalue weighted by molar-refractivity contribution is -0.355. The number of rotatable bonds is 7. The fourth-order valence-electron chi connectivity index (χ4n) is 2.23. The number of H-pyrrole nitrogens is 1. The molecule has 1 aromatic carbocycles. The monoisotopic (exact) mass is 318 g/mol. The van der Waals surface area contributed by atoms with E-state index in [1.54, 1.807) is 6.20 Å². The molecule has 0 saturated heterocycles. The number of benzene rings is 1. The Labute approximate surface area is 132 Å². The van der Waals surface area contributed by atoms with Crippen LogP contribution in [0.5, 0.6) is 0 Å². The van der Waals surface area contributed by atoms with Crippen LogP contribution in [0.2, 0.25) is 0 Å². The smallest absolute Gasteiger partial charge is 0.275 e. The molecule has 6 N–H and O–H groups in total. The quantitative estimate of drug-likeness (QED) is 0.441. The molecule has 0 fully saturated rings. The van der Waals surface area contributed by atoms with E-state index in [0.29, 0.717) is 0 Å². The molecule has 122 valence electrons. The number of carbonyl (C=O) groups is 3. The fourth-order valence-corrected chi connectivity index (χ4v) is 2.23. The highest BCUT2D eigenvalue weighted by atomic mass is 16.4. The number of aromatic amines is 1. The van der Waals surface area contributed by atoms with Gasteiger partial charge < -0.3 is 31.3 Å². The minimum absolute atomic E-state index is 0.00648. The zero-order valence-electron chi connectivity index (χ0n) is 12.4. The van der Waals surface area contributed by atoms with Gasteiger partial charge in [-0.15, -0.1) is 0 Å². The van der Waals surface area contributed by atoms with Crippen LogP contribution >= 0.6 is 0 Å². The van der Waals surface area contributed by atoms with E-state index in [0.717, 1.165) is 16.5 Å². The van der Waals surface area contributed by atoms with E-state index in [9.17, 15) is 19.5 Å². The molecule has 1 aromatic heterocycles. The summed E-state index contributed by atoms with van der Waals surface area (Å²) in [4.78, 5) is 37.1. The van der Waals surface area contributed by atoms with Crippen molar-refractivity contribution in [2.45, 2.75) is 12.5 Å². The molecule has 0 saturated carbocycles. The summed E-state index contributed by atoms with van der Waals surface area (Å²) in [5.74, 6) is -2.37. The standard InChI is InChI=1S/C15H18N4O4/c16-6-13(20)18-8-14(21)19-12(15(22)23)5-9-7-17-11-4-2-1-3-10(9)11/h1-4,7,12,17H,5-6,8,16H2,(H,18,20)(H,19,21)(H,22,23). The van der Waals surface area contributed by atoms with Gasteiger partial charge in [0.05, 0.1) is 18.6 Å². The van der Waals surface area contributed by atoms with Gasteiger partial charge in [-0.05, 0) is 11.6 Å². The third-order valence-corrected chi connectivity index (χ3v) is 3.39. The minimum Gasteiger partial charge on any atom is -0.548 e. The Morgan fingerprint density at radius 3 is 2.65 bits per heavy atom. The Hall–Kier alpha value is -2.87. The molecule has 0 aliphatic rings. The molecule has 1 unspecified atom stereocenters. The van der Waals surface area contributed by atoms with Crippen LogP contribution in [0, 0.1) is 0 Å². The van der Waals surface area contributed by atoms with E-state index in [1.807, 2.05) is 24.3 Å². The summed E-state index contributed by atoms with van der Waals surface area (Å²) in [5.41, 5.74) is 5.02. The van der Waals surface area contributed by atoms with Crippen molar-refractivity contribution in [2.75, 3.05) is 13.1 Å². The highest BCUT2D eigenvalue weighted by Gasteiger charge is 2.16. The van der Waals surface area contributed by atoms with Gasteiger partial charge in [-0.3, -0.25) is 9.59 Å². The molecule has 2 aromatic rings. The van der Waals surface area contributed by atoms with E-state index in [4.69, 9.17) is 0 Å². The van der Waals surface area contributed by atoms with E-state index in [1.165, 1.54) is 0 Å². The van der Waals surface area contributed by atoms with Crippen molar-refractivity contribution in [3.8, 4) is 0 Å². The first kappa shape index (κ1) is 16.5. The predicted molar refractivity (Wildman–Crippen MR) is 79.7 cm³/mol. The normalized spacial score (nSPS) is 11.9. The summed E-state index contributed by atoms with van der Waals surface area (Å²) < 4.78 is 0. The third-order valence-electron chi connectivity index (χ3n) is 3.39. The van der Waals surface area contributed by atoms with Crippen molar-refractivity contribution in [1.29, 1.82) is 0 Å². The summed E-state index contributed by atoms with van der Waals surface area (Å²) in [5, 5.41) is 16.8. The molecule has 2 amide bonds. The molecule has 0 aliphatic carbocycles. The van der Waals surface area contributed by atoms with Crippen molar-refractivity contribution >= 4 is 28.7 Å². The van der Waals surface area contributed by atoms with Gasteiger partial charge in [-0.2, -0.15) is 0 Å². The maximum Gasteiger partial charge on any atom is 0.275 e. The molecular formula is C15H18N4O4. The largest absolute Gasteiger partial charge is 0.548 e. The van der Waals surface area contributed by atoms with Crippen molar-refractivity contribution in [3.05, 3.63) is 36.0 Å². The maximum atomic E-state index is 11.7. The van der Waals surface area contributed by atoms with E-state index < -0.39 is 17.9 Å². The number of hydrogen-bond acceptors (Lipinski definition) is 4. The summed E-state index contributed by atoms with van der Waals surface area (Å²) >= 11 is 0. The van der Waals surface area contributed by atoms with Crippen molar-refractivity contribution < 1.29 is 25.2 Å². The number of quaternary nitrogens is 1. The Morgan fingerprint density at radius 2 is 1.96 bits per heavy atom. The molecule has 1 atom stereocenters. The highest BCUT2D eigenvalue weighted by molar-refractivity contribution is 5.88. The van der Waals surface area contributed by atoms with Gasteiger partial charge in [0.2, 0.25) is 5.91 Å². The first-order valence-electron chi connectivity index (χ1n) is 7.12. The Balaban J connectivity index is 2.03. The van der Waals surface area contributed by atoms with Gasteiger partial charge in [0.15, 0.2) is 6.54 Å². The topological polar surface area (TPSA) is 142 Å². The summed E-state index contributed by atoms with van der Waals surface area (Å²) in [6.45, 7) is -0.293. The Morgan fingerprint density at radius 1 is 1.22 bits per heavy atom. The van der Waals surface area contributed by atoms with Gasteiger partial charge >= 0.3 is 0 Å². The molecule has 0 aliphatic heterocycles. The summed E-state index contributed by atoms with van der Waals surface area (Å²) in [6.07, 6.45) is 1.79. The predicted octanol–water partition coefficient (Wildman–Crippen LogP) is -2.70. The second kappa shape index (κ2) is 7.41. The number of aromatic nitrogens is 1. The molecule has 0 bridgehead atoms. The van der Waals surface area contributed by atoms with Gasteiger partial charge in [-0.1, -0.05) is 18.2 Å². The van der Waals surface area contributed by atoms with Gasteiger partial charge in [-0.25, -0.2) is 0 Å². The number of para-hydroxylation sites is 1. The lowest BCUT2D eigenvalue weighted by Crippen LogP contribution is -2.58. The number of hydrogen-bond donors (Lipinski definition) is 4. The average molecular weight is 318 g/mol.